The van der Waals surface area contributed by atoms with Gasteiger partial charge in [0.15, 0.2) is 0 Å². The molecule has 1 fully saturated rings. The monoisotopic (exact) mass is 289 g/mol. The van der Waals surface area contributed by atoms with Crippen molar-refractivity contribution < 1.29 is 14.3 Å². The number of amides is 1. The maximum Gasteiger partial charge on any atom is 0.265 e. The summed E-state index contributed by atoms with van der Waals surface area (Å²) in [5.41, 5.74) is -0.355. The lowest BCUT2D eigenvalue weighted by Crippen LogP contribution is -2.53. The maximum atomic E-state index is 12.2. The molecule has 4 nitrogen and oxygen atoms in total. The molecule has 1 aromatic rings. The summed E-state index contributed by atoms with van der Waals surface area (Å²) in [5.74, 6) is 0.883. The molecule has 0 aromatic carbocycles. The minimum atomic E-state index is -0.355. The van der Waals surface area contributed by atoms with Gasteiger partial charge in [-0.2, -0.15) is 0 Å². The summed E-state index contributed by atoms with van der Waals surface area (Å²) in [7, 11) is 1.56. The van der Waals surface area contributed by atoms with E-state index in [1.165, 1.54) is 11.3 Å². The SMILES string of the molecule is COc1ccsc1C(=O)NC1(CCl)CCOCC1. The molecular formula is C12H16ClNO3S. The molecule has 0 saturated carbocycles. The Balaban J connectivity index is 2.10. The van der Waals surface area contributed by atoms with Crippen LogP contribution in [0.4, 0.5) is 0 Å². The number of ether oxygens (including phenoxy) is 2. The normalized spacial score (nSPS) is 18.3. The molecule has 1 N–H and O–H groups in total. The summed E-state index contributed by atoms with van der Waals surface area (Å²) < 4.78 is 10.5. The summed E-state index contributed by atoms with van der Waals surface area (Å²) in [4.78, 5) is 12.8. The van der Waals surface area contributed by atoms with Gasteiger partial charge >= 0.3 is 0 Å². The highest BCUT2D eigenvalue weighted by atomic mass is 35.5. The fourth-order valence-electron chi connectivity index (χ4n) is 1.98. The van der Waals surface area contributed by atoms with Crippen LogP contribution >= 0.6 is 22.9 Å². The van der Waals surface area contributed by atoms with Gasteiger partial charge in [0, 0.05) is 19.1 Å². The lowest BCUT2D eigenvalue weighted by Gasteiger charge is -2.36. The summed E-state index contributed by atoms with van der Waals surface area (Å²) >= 11 is 7.39. The first-order chi connectivity index (χ1) is 8.71. The van der Waals surface area contributed by atoms with Crippen LogP contribution in [0.3, 0.4) is 0 Å². The van der Waals surface area contributed by atoms with Crippen LogP contribution in [-0.4, -0.2) is 37.6 Å². The molecule has 0 radical (unpaired) electrons. The van der Waals surface area contributed by atoms with Crippen LogP contribution in [-0.2, 0) is 4.74 Å². The van der Waals surface area contributed by atoms with Crippen LogP contribution in [0.2, 0.25) is 0 Å². The molecule has 1 aliphatic heterocycles. The third kappa shape index (κ3) is 2.79. The molecule has 0 atom stereocenters. The summed E-state index contributed by atoms with van der Waals surface area (Å²) in [6.45, 7) is 1.27. The van der Waals surface area contributed by atoms with Crippen LogP contribution in [0, 0.1) is 0 Å². The molecule has 0 bridgehead atoms. The molecule has 6 heteroatoms. The number of carbonyl (C=O) groups excluding carboxylic acids is 1. The first-order valence-electron chi connectivity index (χ1n) is 5.78. The maximum absolute atomic E-state index is 12.2. The average Bonchev–Trinajstić information content (AvgIpc) is 2.88. The Bertz CT molecular complexity index is 415. The van der Waals surface area contributed by atoms with Gasteiger partial charge in [-0.3, -0.25) is 4.79 Å². The number of methoxy groups -OCH3 is 1. The molecule has 2 heterocycles. The number of thiophene rings is 1. The van der Waals surface area contributed by atoms with Gasteiger partial charge in [0.2, 0.25) is 0 Å². The van der Waals surface area contributed by atoms with Gasteiger partial charge in [-0.05, 0) is 24.3 Å². The third-order valence-electron chi connectivity index (χ3n) is 3.14. The minimum Gasteiger partial charge on any atom is -0.495 e. The van der Waals surface area contributed by atoms with Crippen molar-refractivity contribution in [3.63, 3.8) is 0 Å². The molecule has 0 unspecified atom stereocenters. The van der Waals surface area contributed by atoms with Crippen molar-refractivity contribution in [3.05, 3.63) is 16.3 Å². The van der Waals surface area contributed by atoms with Gasteiger partial charge in [0.1, 0.15) is 10.6 Å². The topological polar surface area (TPSA) is 47.6 Å². The van der Waals surface area contributed by atoms with Crippen molar-refractivity contribution in [2.75, 3.05) is 26.2 Å². The summed E-state index contributed by atoms with van der Waals surface area (Å²) in [6, 6.07) is 1.79. The number of halogens is 1. The molecule has 0 aliphatic carbocycles. The molecule has 1 aliphatic rings. The lowest BCUT2D eigenvalue weighted by molar-refractivity contribution is 0.0434. The smallest absolute Gasteiger partial charge is 0.265 e. The number of nitrogens with one attached hydrogen (secondary N) is 1. The fourth-order valence-corrected chi connectivity index (χ4v) is 3.06. The summed E-state index contributed by atoms with van der Waals surface area (Å²) in [6.07, 6.45) is 1.49. The van der Waals surface area contributed by atoms with Gasteiger partial charge in [-0.1, -0.05) is 0 Å². The predicted octanol–water partition coefficient (Wildman–Crippen LogP) is 2.27. The van der Waals surface area contributed by atoms with Crippen LogP contribution in [0.15, 0.2) is 11.4 Å². The minimum absolute atomic E-state index is 0.121. The standard InChI is InChI=1S/C12H16ClNO3S/c1-16-9-2-7-18-10(9)11(15)14-12(8-13)3-5-17-6-4-12/h2,7H,3-6,8H2,1H3,(H,14,15). The Morgan fingerprint density at radius 3 is 2.94 bits per heavy atom. The highest BCUT2D eigenvalue weighted by molar-refractivity contribution is 7.12. The van der Waals surface area contributed by atoms with Gasteiger partial charge in [0.25, 0.3) is 5.91 Å². The molecule has 100 valence electrons. The second-order valence-electron chi connectivity index (χ2n) is 4.30. The second kappa shape index (κ2) is 5.91. The van der Waals surface area contributed by atoms with Gasteiger partial charge < -0.3 is 14.8 Å². The number of hydrogen-bond acceptors (Lipinski definition) is 4. The van der Waals surface area contributed by atoms with Crippen LogP contribution in [0.1, 0.15) is 22.5 Å². The van der Waals surface area contributed by atoms with E-state index in [0.717, 1.165) is 12.8 Å². The van der Waals surface area contributed by atoms with Crippen LogP contribution in [0.25, 0.3) is 0 Å². The van der Waals surface area contributed by atoms with Gasteiger partial charge in [0.05, 0.1) is 12.6 Å². The molecular weight excluding hydrogens is 274 g/mol. The Hall–Kier alpha value is -0.780. The molecule has 2 rings (SSSR count). The number of rotatable bonds is 4. The Morgan fingerprint density at radius 1 is 1.61 bits per heavy atom. The second-order valence-corrected chi connectivity index (χ2v) is 5.48. The Kier molecular flexibility index (Phi) is 4.48. The van der Waals surface area contributed by atoms with E-state index in [2.05, 4.69) is 5.32 Å². The summed E-state index contributed by atoms with van der Waals surface area (Å²) in [5, 5.41) is 4.88. The lowest BCUT2D eigenvalue weighted by atomic mass is 9.92. The number of alkyl halides is 1. The molecule has 0 spiro atoms. The third-order valence-corrected chi connectivity index (χ3v) is 4.55. The molecule has 18 heavy (non-hydrogen) atoms. The zero-order chi connectivity index (χ0) is 13.0. The molecule has 1 saturated heterocycles. The van der Waals surface area contributed by atoms with Crippen molar-refractivity contribution in [2.24, 2.45) is 0 Å². The Labute approximate surface area is 115 Å². The van der Waals surface area contributed by atoms with E-state index in [1.54, 1.807) is 13.2 Å². The number of carbonyl (C=O) groups is 1. The zero-order valence-electron chi connectivity index (χ0n) is 10.2. The molecule has 1 amide bonds. The van der Waals surface area contributed by atoms with E-state index in [-0.39, 0.29) is 11.4 Å². The van der Waals surface area contributed by atoms with E-state index in [9.17, 15) is 4.79 Å². The number of hydrogen-bond donors (Lipinski definition) is 1. The van der Waals surface area contributed by atoms with Crippen molar-refractivity contribution in [1.82, 2.24) is 5.32 Å². The highest BCUT2D eigenvalue weighted by Crippen LogP contribution is 2.27. The van der Waals surface area contributed by atoms with E-state index < -0.39 is 0 Å². The van der Waals surface area contributed by atoms with Gasteiger partial charge in [-0.25, -0.2) is 0 Å². The average molecular weight is 290 g/mol. The van der Waals surface area contributed by atoms with E-state index in [1.807, 2.05) is 5.38 Å². The Morgan fingerprint density at radius 2 is 2.33 bits per heavy atom. The van der Waals surface area contributed by atoms with E-state index >= 15 is 0 Å². The van der Waals surface area contributed by atoms with Crippen molar-refractivity contribution in [1.29, 1.82) is 0 Å². The van der Waals surface area contributed by atoms with E-state index in [0.29, 0.717) is 29.7 Å². The molecule has 1 aromatic heterocycles. The van der Waals surface area contributed by atoms with Crippen molar-refractivity contribution in [3.8, 4) is 5.75 Å². The fraction of sp³-hybridized carbons (Fsp3) is 0.583. The zero-order valence-corrected chi connectivity index (χ0v) is 11.8. The predicted molar refractivity (Wildman–Crippen MR) is 71.8 cm³/mol. The highest BCUT2D eigenvalue weighted by Gasteiger charge is 2.34. The van der Waals surface area contributed by atoms with Gasteiger partial charge in [-0.15, -0.1) is 22.9 Å². The van der Waals surface area contributed by atoms with Crippen molar-refractivity contribution >= 4 is 28.8 Å². The first kappa shape index (κ1) is 13.6. The first-order valence-corrected chi connectivity index (χ1v) is 7.20. The van der Waals surface area contributed by atoms with Crippen LogP contribution in [0.5, 0.6) is 5.75 Å². The largest absolute Gasteiger partial charge is 0.495 e. The van der Waals surface area contributed by atoms with E-state index in [4.69, 9.17) is 21.1 Å². The van der Waals surface area contributed by atoms with Crippen LogP contribution < -0.4 is 10.1 Å². The van der Waals surface area contributed by atoms with Crippen molar-refractivity contribution in [2.45, 2.75) is 18.4 Å². The quantitative estimate of drug-likeness (QED) is 0.865.